The van der Waals surface area contributed by atoms with Crippen LogP contribution in [0.1, 0.15) is 18.2 Å². The number of halogens is 3. The average molecular weight is 503 g/mol. The minimum absolute atomic E-state index is 0.0179. The van der Waals surface area contributed by atoms with E-state index >= 15 is 0 Å². The lowest BCUT2D eigenvalue weighted by atomic mass is 10.0. The van der Waals surface area contributed by atoms with E-state index in [1.807, 2.05) is 6.92 Å². The first-order valence-corrected chi connectivity index (χ1v) is 10.6. The highest BCUT2D eigenvalue weighted by molar-refractivity contribution is 5.94. The van der Waals surface area contributed by atoms with Crippen LogP contribution in [0.2, 0.25) is 0 Å². The highest BCUT2D eigenvalue weighted by Crippen LogP contribution is 2.36. The molecule has 188 valence electrons. The number of ether oxygens (including phenoxy) is 2. The Morgan fingerprint density at radius 3 is 2.50 bits per heavy atom. The summed E-state index contributed by atoms with van der Waals surface area (Å²) in [6.45, 7) is 3.34. The van der Waals surface area contributed by atoms with Crippen molar-refractivity contribution in [1.82, 2.24) is 14.3 Å². The number of carbonyl (C=O) groups is 1. The Balaban J connectivity index is 1.89. The monoisotopic (exact) mass is 503 g/mol. The molecule has 4 rings (SSSR count). The number of rotatable bonds is 5. The first-order valence-electron chi connectivity index (χ1n) is 10.6. The SMILES string of the molecule is COC(=O)C(C)Oc1ccc(C)cc1-c1noc2ccc(-n3c(=O)cc(C(F)(F)F)n(C)c3=O)cc12. The third-order valence-electron chi connectivity index (χ3n) is 5.55. The molecule has 0 bridgehead atoms. The molecule has 9 nitrogen and oxygen atoms in total. The van der Waals surface area contributed by atoms with Crippen LogP contribution in [0.4, 0.5) is 13.2 Å². The van der Waals surface area contributed by atoms with E-state index in [1.54, 1.807) is 18.2 Å². The molecule has 0 aliphatic carbocycles. The van der Waals surface area contributed by atoms with E-state index in [1.165, 1.54) is 32.2 Å². The summed E-state index contributed by atoms with van der Waals surface area (Å²) in [6, 6.07) is 9.73. The number of aromatic nitrogens is 3. The fourth-order valence-corrected chi connectivity index (χ4v) is 3.73. The lowest BCUT2D eigenvalue weighted by Crippen LogP contribution is -2.40. The van der Waals surface area contributed by atoms with Crippen LogP contribution in [0.3, 0.4) is 0 Å². The number of fused-ring (bicyclic) bond motifs is 1. The molecule has 0 saturated heterocycles. The molecule has 0 aliphatic heterocycles. The smallest absolute Gasteiger partial charge is 0.431 e. The third kappa shape index (κ3) is 4.37. The summed E-state index contributed by atoms with van der Waals surface area (Å²) < 4.78 is 56.5. The van der Waals surface area contributed by atoms with Gasteiger partial charge in [0.25, 0.3) is 5.56 Å². The first-order chi connectivity index (χ1) is 16.9. The molecule has 0 fully saturated rings. The van der Waals surface area contributed by atoms with Crippen molar-refractivity contribution in [3.05, 3.63) is 74.6 Å². The van der Waals surface area contributed by atoms with Gasteiger partial charge in [0.1, 0.15) is 17.1 Å². The van der Waals surface area contributed by atoms with Crippen LogP contribution in [0.15, 0.2) is 56.6 Å². The maximum atomic E-state index is 13.2. The van der Waals surface area contributed by atoms with Crippen molar-refractivity contribution in [3.63, 3.8) is 0 Å². The number of aryl methyl sites for hydroxylation is 1. The number of hydrogen-bond donors (Lipinski definition) is 0. The van der Waals surface area contributed by atoms with Gasteiger partial charge in [-0.25, -0.2) is 14.2 Å². The van der Waals surface area contributed by atoms with Crippen LogP contribution in [-0.2, 0) is 22.8 Å². The van der Waals surface area contributed by atoms with Crippen LogP contribution in [0.25, 0.3) is 27.9 Å². The van der Waals surface area contributed by atoms with Crippen LogP contribution < -0.4 is 16.0 Å². The minimum atomic E-state index is -4.87. The van der Waals surface area contributed by atoms with E-state index in [0.717, 1.165) is 12.6 Å². The average Bonchev–Trinajstić information content (AvgIpc) is 3.24. The molecule has 4 aromatic rings. The Morgan fingerprint density at radius 1 is 1.11 bits per heavy atom. The fourth-order valence-electron chi connectivity index (χ4n) is 3.73. The van der Waals surface area contributed by atoms with Gasteiger partial charge < -0.3 is 14.0 Å². The van der Waals surface area contributed by atoms with Crippen LogP contribution in [0, 0.1) is 6.92 Å². The molecule has 0 amide bonds. The number of methoxy groups -OCH3 is 1. The van der Waals surface area contributed by atoms with Crippen LogP contribution in [-0.4, -0.2) is 33.5 Å². The van der Waals surface area contributed by atoms with Gasteiger partial charge in [-0.05, 0) is 44.2 Å². The molecule has 0 radical (unpaired) electrons. The van der Waals surface area contributed by atoms with Gasteiger partial charge in [-0.15, -0.1) is 0 Å². The van der Waals surface area contributed by atoms with Crippen molar-refractivity contribution in [2.45, 2.75) is 26.1 Å². The molecule has 0 N–H and O–H groups in total. The van der Waals surface area contributed by atoms with E-state index in [2.05, 4.69) is 5.16 Å². The number of benzene rings is 2. The van der Waals surface area contributed by atoms with Gasteiger partial charge in [0.05, 0.1) is 18.2 Å². The Hall–Kier alpha value is -4.35. The van der Waals surface area contributed by atoms with Crippen molar-refractivity contribution in [2.75, 3.05) is 7.11 Å². The molecule has 2 aromatic carbocycles. The van der Waals surface area contributed by atoms with Crippen molar-refractivity contribution >= 4 is 16.9 Å². The molecule has 0 spiro atoms. The topological polar surface area (TPSA) is 106 Å². The highest BCUT2D eigenvalue weighted by atomic mass is 19.4. The predicted molar refractivity (Wildman–Crippen MR) is 122 cm³/mol. The molecular weight excluding hydrogens is 483 g/mol. The maximum Gasteiger partial charge on any atom is 0.431 e. The molecule has 0 aliphatic rings. The van der Waals surface area contributed by atoms with E-state index in [4.69, 9.17) is 14.0 Å². The molecule has 0 saturated carbocycles. The third-order valence-corrected chi connectivity index (χ3v) is 5.55. The Kier molecular flexibility index (Phi) is 6.21. The largest absolute Gasteiger partial charge is 0.478 e. The second kappa shape index (κ2) is 9.02. The number of carbonyl (C=O) groups excluding carboxylic acids is 1. The lowest BCUT2D eigenvalue weighted by Gasteiger charge is -2.16. The van der Waals surface area contributed by atoms with Crippen LogP contribution >= 0.6 is 0 Å². The first kappa shape index (κ1) is 24.8. The summed E-state index contributed by atoms with van der Waals surface area (Å²) in [6.07, 6.45) is -5.81. The standard InChI is InChI=1S/C24H20F3N3O6/c1-12-5-7-17(35-13(2)22(32)34-4)15(9-12)21-16-10-14(6-8-18(16)36-28-21)30-20(31)11-19(24(25,26)27)29(3)23(30)33/h5-11,13H,1-4H3. The second-order valence-electron chi connectivity index (χ2n) is 8.04. The molecule has 2 heterocycles. The molecule has 1 atom stereocenters. The van der Waals surface area contributed by atoms with E-state index < -0.39 is 35.2 Å². The van der Waals surface area contributed by atoms with Gasteiger partial charge in [-0.1, -0.05) is 16.8 Å². The van der Waals surface area contributed by atoms with Gasteiger partial charge in [0, 0.05) is 18.7 Å². The Bertz CT molecular complexity index is 1600. The van der Waals surface area contributed by atoms with Gasteiger partial charge in [0.2, 0.25) is 0 Å². The lowest BCUT2D eigenvalue weighted by molar-refractivity contribution is -0.148. The van der Waals surface area contributed by atoms with Crippen molar-refractivity contribution < 1.29 is 32.0 Å². The summed E-state index contributed by atoms with van der Waals surface area (Å²) in [5.74, 6) is -0.298. The van der Waals surface area contributed by atoms with Gasteiger partial charge in [-0.2, -0.15) is 13.2 Å². The van der Waals surface area contributed by atoms with Gasteiger partial charge in [-0.3, -0.25) is 9.36 Å². The zero-order valence-corrected chi connectivity index (χ0v) is 19.5. The molecule has 12 heteroatoms. The summed E-state index contributed by atoms with van der Waals surface area (Å²) in [5, 5.41) is 4.46. The Morgan fingerprint density at radius 2 is 1.83 bits per heavy atom. The summed E-state index contributed by atoms with van der Waals surface area (Å²) in [7, 11) is 2.17. The minimum Gasteiger partial charge on any atom is -0.478 e. The second-order valence-corrected chi connectivity index (χ2v) is 8.04. The maximum absolute atomic E-state index is 13.2. The molecule has 1 unspecified atom stereocenters. The summed E-state index contributed by atoms with van der Waals surface area (Å²) >= 11 is 0. The fraction of sp³-hybridized carbons (Fsp3) is 0.250. The number of alkyl halides is 3. The molecule has 36 heavy (non-hydrogen) atoms. The highest BCUT2D eigenvalue weighted by Gasteiger charge is 2.35. The van der Waals surface area contributed by atoms with E-state index in [9.17, 15) is 27.6 Å². The van der Waals surface area contributed by atoms with Crippen molar-refractivity contribution in [2.24, 2.45) is 7.05 Å². The van der Waals surface area contributed by atoms with Crippen LogP contribution in [0.5, 0.6) is 5.75 Å². The number of nitrogens with zero attached hydrogens (tertiary/aromatic N) is 3. The normalized spacial score (nSPS) is 12.5. The predicted octanol–water partition coefficient (Wildman–Crippen LogP) is 3.61. The molecule has 2 aromatic heterocycles. The van der Waals surface area contributed by atoms with Crippen molar-refractivity contribution in [1.29, 1.82) is 0 Å². The summed E-state index contributed by atoms with van der Waals surface area (Å²) in [5.41, 5.74) is -1.80. The zero-order valence-electron chi connectivity index (χ0n) is 19.5. The number of esters is 1. The molecular formula is C24H20F3N3O6. The Labute approximate surface area is 201 Å². The van der Waals surface area contributed by atoms with E-state index in [0.29, 0.717) is 37.5 Å². The van der Waals surface area contributed by atoms with E-state index in [-0.39, 0.29) is 11.4 Å². The van der Waals surface area contributed by atoms with Crippen molar-refractivity contribution in [3.8, 4) is 22.7 Å². The van der Waals surface area contributed by atoms with Gasteiger partial charge >= 0.3 is 17.8 Å². The zero-order chi connectivity index (χ0) is 26.4. The number of hydrogen-bond acceptors (Lipinski definition) is 7. The summed E-state index contributed by atoms with van der Waals surface area (Å²) in [4.78, 5) is 37.1. The van der Waals surface area contributed by atoms with Gasteiger partial charge in [0.15, 0.2) is 11.7 Å². The quantitative estimate of drug-likeness (QED) is 0.383.